The van der Waals surface area contributed by atoms with Crippen LogP contribution >= 0.6 is 27.5 Å². The molecule has 2 aromatic rings. The number of methoxy groups -OCH3 is 1. The van der Waals surface area contributed by atoms with Crippen molar-refractivity contribution in [3.8, 4) is 17.6 Å². The van der Waals surface area contributed by atoms with Gasteiger partial charge in [0.2, 0.25) is 0 Å². The molecule has 0 heterocycles. The van der Waals surface area contributed by atoms with Gasteiger partial charge >= 0.3 is 0 Å². The van der Waals surface area contributed by atoms with Crippen LogP contribution in [0.2, 0.25) is 5.02 Å². The maximum Gasteiger partial charge on any atom is 0.266 e. The summed E-state index contributed by atoms with van der Waals surface area (Å²) in [7, 11) is 1.48. The molecule has 0 aliphatic carbocycles. The average molecular weight is 448 g/mol. The Bertz CT molecular complexity index is 935. The smallest absolute Gasteiger partial charge is 0.266 e. The lowest BCUT2D eigenvalue weighted by Crippen LogP contribution is -2.14. The van der Waals surface area contributed by atoms with Gasteiger partial charge in [0.25, 0.3) is 5.91 Å². The van der Waals surface area contributed by atoms with Gasteiger partial charge in [0.05, 0.1) is 17.3 Å². The van der Waals surface area contributed by atoms with E-state index in [0.717, 1.165) is 0 Å². The first kappa shape index (κ1) is 20.6. The summed E-state index contributed by atoms with van der Waals surface area (Å²) in [6.07, 6.45) is 3.12. The Morgan fingerprint density at radius 1 is 1.33 bits per heavy atom. The Morgan fingerprint density at radius 3 is 2.70 bits per heavy atom. The van der Waals surface area contributed by atoms with Crippen LogP contribution in [0, 0.1) is 11.3 Å². The van der Waals surface area contributed by atoms with Crippen LogP contribution in [-0.2, 0) is 4.79 Å². The third-order valence-electron chi connectivity index (χ3n) is 3.40. The molecular formula is C20H16BrClN2O3. The zero-order valence-electron chi connectivity index (χ0n) is 14.5. The summed E-state index contributed by atoms with van der Waals surface area (Å²) in [5, 5.41) is 12.5. The van der Waals surface area contributed by atoms with Gasteiger partial charge in [0, 0.05) is 5.02 Å². The molecule has 0 radical (unpaired) electrons. The van der Waals surface area contributed by atoms with Crippen molar-refractivity contribution >= 4 is 45.2 Å². The highest BCUT2D eigenvalue weighted by Crippen LogP contribution is 2.29. The molecule has 0 aromatic heterocycles. The molecule has 0 fully saturated rings. The number of rotatable bonds is 7. The van der Waals surface area contributed by atoms with Crippen LogP contribution < -0.4 is 14.8 Å². The normalized spacial score (nSPS) is 10.7. The lowest BCUT2D eigenvalue weighted by Gasteiger charge is -2.10. The first-order valence-corrected chi connectivity index (χ1v) is 8.95. The second kappa shape index (κ2) is 9.81. The van der Waals surface area contributed by atoms with Crippen LogP contribution in [-0.4, -0.2) is 19.6 Å². The number of hydrogen-bond acceptors (Lipinski definition) is 4. The van der Waals surface area contributed by atoms with E-state index in [1.807, 2.05) is 6.07 Å². The second-order valence-electron chi connectivity index (χ2n) is 5.26. The van der Waals surface area contributed by atoms with E-state index in [9.17, 15) is 10.1 Å². The molecule has 27 heavy (non-hydrogen) atoms. The van der Waals surface area contributed by atoms with Crippen molar-refractivity contribution in [3.05, 3.63) is 69.7 Å². The fourth-order valence-corrected chi connectivity index (χ4v) is 2.84. The lowest BCUT2D eigenvalue weighted by molar-refractivity contribution is -0.112. The molecule has 5 nitrogen and oxygen atoms in total. The molecule has 0 saturated carbocycles. The van der Waals surface area contributed by atoms with Gasteiger partial charge in [-0.25, -0.2) is 0 Å². The van der Waals surface area contributed by atoms with E-state index in [-0.39, 0.29) is 5.57 Å². The van der Waals surface area contributed by atoms with Gasteiger partial charge in [0.1, 0.15) is 29.7 Å². The lowest BCUT2D eigenvalue weighted by atomic mass is 10.1. The molecule has 0 spiro atoms. The summed E-state index contributed by atoms with van der Waals surface area (Å²) in [5.41, 5.74) is 0.978. The van der Waals surface area contributed by atoms with E-state index in [1.165, 1.54) is 13.2 Å². The Kier molecular flexibility index (Phi) is 7.47. The maximum atomic E-state index is 12.5. The zero-order chi connectivity index (χ0) is 19.8. The molecule has 138 valence electrons. The van der Waals surface area contributed by atoms with Gasteiger partial charge in [-0.15, -0.1) is 0 Å². The van der Waals surface area contributed by atoms with E-state index in [2.05, 4.69) is 27.8 Å². The monoisotopic (exact) mass is 446 g/mol. The van der Waals surface area contributed by atoms with Crippen molar-refractivity contribution < 1.29 is 14.3 Å². The number of carbonyl (C=O) groups excluding carboxylic acids is 1. The predicted octanol–water partition coefficient (Wildman–Crippen LogP) is 5.22. The topological polar surface area (TPSA) is 71.3 Å². The largest absolute Gasteiger partial charge is 0.495 e. The molecule has 7 heteroatoms. The van der Waals surface area contributed by atoms with Crippen LogP contribution in [0.15, 0.2) is 59.1 Å². The zero-order valence-corrected chi connectivity index (χ0v) is 16.8. The van der Waals surface area contributed by atoms with E-state index in [4.69, 9.17) is 21.1 Å². The van der Waals surface area contributed by atoms with Crippen molar-refractivity contribution in [2.75, 3.05) is 19.0 Å². The second-order valence-corrected chi connectivity index (χ2v) is 6.55. The number of nitrogens with zero attached hydrogens (tertiary/aromatic N) is 1. The van der Waals surface area contributed by atoms with Crippen molar-refractivity contribution in [2.24, 2.45) is 0 Å². The molecule has 0 aliphatic rings. The minimum Gasteiger partial charge on any atom is -0.495 e. The molecule has 1 N–H and O–H groups in total. The SMILES string of the molecule is C=CCOc1ccc(/C=C(\C#N)C(=O)Nc2cc(Cl)ccc2OC)cc1Br. The molecule has 2 aromatic carbocycles. The molecule has 2 rings (SSSR count). The highest BCUT2D eigenvalue weighted by Gasteiger charge is 2.13. The predicted molar refractivity (Wildman–Crippen MR) is 110 cm³/mol. The highest BCUT2D eigenvalue weighted by molar-refractivity contribution is 9.10. The number of nitriles is 1. The first-order chi connectivity index (χ1) is 13.0. The van der Waals surface area contributed by atoms with Gasteiger partial charge in [-0.1, -0.05) is 30.3 Å². The molecule has 1 amide bonds. The standard InChI is InChI=1S/C20H16BrClN2O3/c1-3-8-27-18-6-4-13(10-16(18)21)9-14(12-23)20(25)24-17-11-15(22)5-7-19(17)26-2/h3-7,9-11H,1,8H2,2H3,(H,24,25)/b14-9+. The van der Waals surface area contributed by atoms with Crippen LogP contribution in [0.1, 0.15) is 5.56 Å². The van der Waals surface area contributed by atoms with E-state index in [1.54, 1.807) is 42.5 Å². The van der Waals surface area contributed by atoms with Gasteiger partial charge in [0.15, 0.2) is 0 Å². The maximum absolute atomic E-state index is 12.5. The third kappa shape index (κ3) is 5.61. The van der Waals surface area contributed by atoms with E-state index in [0.29, 0.717) is 38.9 Å². The van der Waals surface area contributed by atoms with Gasteiger partial charge in [-0.05, 0) is 57.9 Å². The number of carbonyl (C=O) groups is 1. The number of halogens is 2. The van der Waals surface area contributed by atoms with Crippen molar-refractivity contribution in [1.82, 2.24) is 0 Å². The van der Waals surface area contributed by atoms with E-state index < -0.39 is 5.91 Å². The quantitative estimate of drug-likeness (QED) is 0.359. The van der Waals surface area contributed by atoms with Crippen molar-refractivity contribution in [3.63, 3.8) is 0 Å². The summed E-state index contributed by atoms with van der Waals surface area (Å²) < 4.78 is 11.4. The summed E-state index contributed by atoms with van der Waals surface area (Å²) in [6, 6.07) is 12.0. The van der Waals surface area contributed by atoms with Crippen LogP contribution in [0.3, 0.4) is 0 Å². The summed E-state index contributed by atoms with van der Waals surface area (Å²) in [5.74, 6) is 0.511. The highest BCUT2D eigenvalue weighted by atomic mass is 79.9. The van der Waals surface area contributed by atoms with E-state index >= 15 is 0 Å². The Morgan fingerprint density at radius 2 is 2.07 bits per heavy atom. The van der Waals surface area contributed by atoms with Crippen LogP contribution in [0.25, 0.3) is 6.08 Å². The number of ether oxygens (including phenoxy) is 2. The molecular weight excluding hydrogens is 432 g/mol. The fraction of sp³-hybridized carbons (Fsp3) is 0.100. The van der Waals surface area contributed by atoms with Crippen LogP contribution in [0.4, 0.5) is 5.69 Å². The number of hydrogen-bond donors (Lipinski definition) is 1. The minimum atomic E-state index is -0.568. The molecule has 0 unspecified atom stereocenters. The van der Waals surface area contributed by atoms with Crippen LogP contribution in [0.5, 0.6) is 11.5 Å². The summed E-state index contributed by atoms with van der Waals surface area (Å²) in [6.45, 7) is 3.97. The third-order valence-corrected chi connectivity index (χ3v) is 4.25. The Balaban J connectivity index is 2.24. The molecule has 0 bridgehead atoms. The fourth-order valence-electron chi connectivity index (χ4n) is 2.16. The number of anilines is 1. The van der Waals surface area contributed by atoms with Crippen molar-refractivity contribution in [1.29, 1.82) is 5.26 Å². The summed E-state index contributed by atoms with van der Waals surface area (Å²) >= 11 is 9.36. The Labute approximate surface area is 171 Å². The van der Waals surface area contributed by atoms with Crippen molar-refractivity contribution in [2.45, 2.75) is 0 Å². The van der Waals surface area contributed by atoms with Gasteiger partial charge in [-0.2, -0.15) is 5.26 Å². The number of amides is 1. The number of nitrogens with one attached hydrogen (secondary N) is 1. The minimum absolute atomic E-state index is 0.0660. The summed E-state index contributed by atoms with van der Waals surface area (Å²) in [4.78, 5) is 12.5. The Hall–Kier alpha value is -2.75. The molecule has 0 saturated heterocycles. The van der Waals surface area contributed by atoms with Gasteiger partial charge < -0.3 is 14.8 Å². The molecule has 0 aliphatic heterocycles. The molecule has 0 atom stereocenters. The first-order valence-electron chi connectivity index (χ1n) is 7.78. The van der Waals surface area contributed by atoms with Gasteiger partial charge in [-0.3, -0.25) is 4.79 Å². The average Bonchev–Trinajstić information content (AvgIpc) is 2.65. The number of benzene rings is 2.